The van der Waals surface area contributed by atoms with Gasteiger partial charge in [-0.2, -0.15) is 11.8 Å². The van der Waals surface area contributed by atoms with E-state index in [1.165, 1.54) is 0 Å². The minimum Gasteiger partial charge on any atom is -0.376 e. The first-order valence-corrected chi connectivity index (χ1v) is 9.82. The molecule has 2 atom stereocenters. The largest absolute Gasteiger partial charge is 0.376 e. The summed E-state index contributed by atoms with van der Waals surface area (Å²) in [5.41, 5.74) is 0.572. The van der Waals surface area contributed by atoms with Gasteiger partial charge in [-0.1, -0.05) is 24.3 Å². The fourth-order valence-electron chi connectivity index (χ4n) is 3.60. The fourth-order valence-corrected chi connectivity index (χ4v) is 4.82. The molecule has 1 aromatic heterocycles. The summed E-state index contributed by atoms with van der Waals surface area (Å²) in [4.78, 5) is 19.8. The van der Waals surface area contributed by atoms with Crippen molar-refractivity contribution in [1.82, 2.24) is 9.88 Å². The summed E-state index contributed by atoms with van der Waals surface area (Å²) < 4.78 is 5.80. The van der Waals surface area contributed by atoms with Crippen LogP contribution in [0.2, 0.25) is 0 Å². The van der Waals surface area contributed by atoms with E-state index in [1.807, 2.05) is 47.0 Å². The monoisotopic (exact) mass is 342 g/mol. The molecule has 0 spiro atoms. The number of ether oxygens (including phenoxy) is 1. The fraction of sp³-hybridized carbons (Fsp3) is 0.474. The topological polar surface area (TPSA) is 42.4 Å². The quantitative estimate of drug-likeness (QED) is 0.854. The van der Waals surface area contributed by atoms with Gasteiger partial charge in [-0.05, 0) is 36.5 Å². The van der Waals surface area contributed by atoms with E-state index in [2.05, 4.69) is 4.98 Å². The first-order valence-electron chi connectivity index (χ1n) is 8.67. The first kappa shape index (κ1) is 15.9. The van der Waals surface area contributed by atoms with E-state index in [-0.39, 0.29) is 12.0 Å². The molecule has 3 heterocycles. The molecule has 0 N–H and O–H groups in total. The molecule has 4 rings (SSSR count). The van der Waals surface area contributed by atoms with Gasteiger partial charge in [-0.25, -0.2) is 0 Å². The molecule has 2 fully saturated rings. The number of fused-ring (bicyclic) bond motifs is 1. The highest BCUT2D eigenvalue weighted by Gasteiger charge is 2.32. The third kappa shape index (κ3) is 3.15. The standard InChI is InChI=1S/C19H22N2O2S/c22-19(18-17-6-2-1-4-14(17)7-9-20-18)21(15-8-11-24-13-15)12-16-5-3-10-23-16/h1-2,4,6-7,9,15-16H,3,5,8,10-13H2/t15-,16+/m1/s1. The minimum absolute atomic E-state index is 0.0507. The Bertz CT molecular complexity index is 719. The van der Waals surface area contributed by atoms with Gasteiger partial charge in [0.05, 0.1) is 6.10 Å². The highest BCUT2D eigenvalue weighted by molar-refractivity contribution is 7.99. The molecule has 1 aromatic carbocycles. The molecule has 0 bridgehead atoms. The molecule has 0 radical (unpaired) electrons. The number of hydrogen-bond donors (Lipinski definition) is 0. The van der Waals surface area contributed by atoms with Gasteiger partial charge in [0.25, 0.3) is 5.91 Å². The SMILES string of the molecule is O=C(c1nccc2ccccc12)N(C[C@@H]1CCCO1)[C@@H]1CCSC1. The highest BCUT2D eigenvalue weighted by Crippen LogP contribution is 2.27. The van der Waals surface area contributed by atoms with Crippen LogP contribution in [0.3, 0.4) is 0 Å². The van der Waals surface area contributed by atoms with Crippen molar-refractivity contribution in [2.75, 3.05) is 24.7 Å². The number of aromatic nitrogens is 1. The van der Waals surface area contributed by atoms with Gasteiger partial charge in [0.2, 0.25) is 0 Å². The zero-order valence-electron chi connectivity index (χ0n) is 13.7. The highest BCUT2D eigenvalue weighted by atomic mass is 32.2. The Balaban J connectivity index is 1.66. The van der Waals surface area contributed by atoms with Gasteiger partial charge >= 0.3 is 0 Å². The maximum Gasteiger partial charge on any atom is 0.273 e. The van der Waals surface area contributed by atoms with Crippen LogP contribution < -0.4 is 0 Å². The maximum absolute atomic E-state index is 13.3. The number of hydrogen-bond acceptors (Lipinski definition) is 4. The third-order valence-corrected chi connectivity index (χ3v) is 6.05. The van der Waals surface area contributed by atoms with E-state index >= 15 is 0 Å². The Morgan fingerprint density at radius 2 is 2.21 bits per heavy atom. The average molecular weight is 342 g/mol. The number of amides is 1. The first-order chi connectivity index (χ1) is 11.8. The Morgan fingerprint density at radius 3 is 3.00 bits per heavy atom. The average Bonchev–Trinajstić information content (AvgIpc) is 3.32. The van der Waals surface area contributed by atoms with E-state index in [1.54, 1.807) is 6.20 Å². The number of thioether (sulfide) groups is 1. The zero-order valence-corrected chi connectivity index (χ0v) is 14.5. The van der Waals surface area contributed by atoms with Crippen molar-refractivity contribution in [1.29, 1.82) is 0 Å². The molecule has 2 aliphatic rings. The lowest BCUT2D eigenvalue weighted by Gasteiger charge is -2.30. The van der Waals surface area contributed by atoms with Gasteiger partial charge < -0.3 is 9.64 Å². The van der Waals surface area contributed by atoms with Crippen LogP contribution in [0.25, 0.3) is 10.8 Å². The lowest BCUT2D eigenvalue weighted by Crippen LogP contribution is -2.45. The van der Waals surface area contributed by atoms with Crippen molar-refractivity contribution < 1.29 is 9.53 Å². The van der Waals surface area contributed by atoms with Crippen molar-refractivity contribution >= 4 is 28.4 Å². The summed E-state index contributed by atoms with van der Waals surface area (Å²) in [6.07, 6.45) is 5.12. The van der Waals surface area contributed by atoms with Crippen LogP contribution in [-0.4, -0.2) is 52.6 Å². The second kappa shape index (κ2) is 7.11. The maximum atomic E-state index is 13.3. The second-order valence-electron chi connectivity index (χ2n) is 6.49. The van der Waals surface area contributed by atoms with Crippen LogP contribution in [0.5, 0.6) is 0 Å². The van der Waals surface area contributed by atoms with Crippen LogP contribution in [0.1, 0.15) is 29.8 Å². The van der Waals surface area contributed by atoms with Gasteiger partial charge in [-0.15, -0.1) is 0 Å². The molecule has 126 valence electrons. The number of pyridine rings is 1. The van der Waals surface area contributed by atoms with Gasteiger partial charge in [0, 0.05) is 36.5 Å². The third-order valence-electron chi connectivity index (χ3n) is 4.91. The molecule has 4 nitrogen and oxygen atoms in total. The molecular formula is C19H22N2O2S. The van der Waals surface area contributed by atoms with Crippen molar-refractivity contribution in [3.8, 4) is 0 Å². The van der Waals surface area contributed by atoms with Crippen molar-refractivity contribution in [2.24, 2.45) is 0 Å². The van der Waals surface area contributed by atoms with Gasteiger partial charge in [-0.3, -0.25) is 9.78 Å². The van der Waals surface area contributed by atoms with Crippen molar-refractivity contribution in [3.05, 3.63) is 42.2 Å². The normalized spacial score (nSPS) is 23.7. The summed E-state index contributed by atoms with van der Waals surface area (Å²) in [6, 6.07) is 10.2. The van der Waals surface area contributed by atoms with Crippen LogP contribution in [-0.2, 0) is 4.74 Å². The predicted molar refractivity (Wildman–Crippen MR) is 97.5 cm³/mol. The molecule has 5 heteroatoms. The number of carbonyl (C=O) groups excluding carboxylic acids is 1. The molecule has 2 aromatic rings. The Hall–Kier alpha value is -1.59. The van der Waals surface area contributed by atoms with Gasteiger partial charge in [0.1, 0.15) is 5.69 Å². The molecular weight excluding hydrogens is 320 g/mol. The van der Waals surface area contributed by atoms with Crippen molar-refractivity contribution in [3.63, 3.8) is 0 Å². The number of carbonyl (C=O) groups is 1. The lowest BCUT2D eigenvalue weighted by atomic mass is 10.1. The van der Waals surface area contributed by atoms with E-state index in [4.69, 9.17) is 4.74 Å². The number of benzene rings is 1. The summed E-state index contributed by atoms with van der Waals surface area (Å²) in [6.45, 7) is 1.51. The molecule has 1 amide bonds. The Kier molecular flexibility index (Phi) is 4.72. The number of nitrogens with zero attached hydrogens (tertiary/aromatic N) is 2. The molecule has 2 saturated heterocycles. The summed E-state index contributed by atoms with van der Waals surface area (Å²) >= 11 is 1.93. The van der Waals surface area contributed by atoms with E-state index in [0.717, 1.165) is 48.1 Å². The van der Waals surface area contributed by atoms with Crippen molar-refractivity contribution in [2.45, 2.75) is 31.4 Å². The van der Waals surface area contributed by atoms with E-state index in [0.29, 0.717) is 18.3 Å². The Labute approximate surface area is 146 Å². The van der Waals surface area contributed by atoms with Crippen LogP contribution in [0.15, 0.2) is 36.5 Å². The molecule has 0 aliphatic carbocycles. The van der Waals surface area contributed by atoms with E-state index < -0.39 is 0 Å². The van der Waals surface area contributed by atoms with Crippen LogP contribution in [0, 0.1) is 0 Å². The summed E-state index contributed by atoms with van der Waals surface area (Å²) in [5.74, 6) is 2.20. The second-order valence-corrected chi connectivity index (χ2v) is 7.64. The van der Waals surface area contributed by atoms with E-state index in [9.17, 15) is 4.79 Å². The van der Waals surface area contributed by atoms with Crippen LogP contribution >= 0.6 is 11.8 Å². The Morgan fingerprint density at radius 1 is 1.29 bits per heavy atom. The summed E-state index contributed by atoms with van der Waals surface area (Å²) in [5, 5.41) is 2.00. The van der Waals surface area contributed by atoms with Crippen LogP contribution in [0.4, 0.5) is 0 Å². The molecule has 0 saturated carbocycles. The predicted octanol–water partition coefficient (Wildman–Crippen LogP) is 3.36. The smallest absolute Gasteiger partial charge is 0.273 e. The molecule has 0 unspecified atom stereocenters. The molecule has 24 heavy (non-hydrogen) atoms. The summed E-state index contributed by atoms with van der Waals surface area (Å²) in [7, 11) is 0. The van der Waals surface area contributed by atoms with Gasteiger partial charge in [0.15, 0.2) is 0 Å². The number of rotatable bonds is 4. The molecule has 2 aliphatic heterocycles. The zero-order chi connectivity index (χ0) is 16.4. The lowest BCUT2D eigenvalue weighted by molar-refractivity contribution is 0.0439. The minimum atomic E-state index is 0.0507.